The lowest BCUT2D eigenvalue weighted by molar-refractivity contribution is 0.460. The molecular formula is C16H14BrFN2O. The molecule has 0 bridgehead atoms. The van der Waals surface area contributed by atoms with Crippen LogP contribution in [0.15, 0.2) is 51.5 Å². The summed E-state index contributed by atoms with van der Waals surface area (Å²) in [6.07, 6.45) is 1.74. The second-order valence-corrected chi connectivity index (χ2v) is 5.61. The van der Waals surface area contributed by atoms with E-state index in [1.54, 1.807) is 12.3 Å². The van der Waals surface area contributed by atoms with Crippen LogP contribution in [0.25, 0.3) is 11.0 Å². The van der Waals surface area contributed by atoms with Gasteiger partial charge in [0.1, 0.15) is 11.8 Å². The predicted molar refractivity (Wildman–Crippen MR) is 83.6 cm³/mol. The summed E-state index contributed by atoms with van der Waals surface area (Å²) in [6.45, 7) is 2.76. The third-order valence-electron chi connectivity index (χ3n) is 3.25. The van der Waals surface area contributed by atoms with Crippen LogP contribution in [0.2, 0.25) is 0 Å². The molecule has 0 radical (unpaired) electrons. The van der Waals surface area contributed by atoms with Gasteiger partial charge in [-0.25, -0.2) is 4.39 Å². The molecule has 0 saturated heterocycles. The second kappa shape index (κ2) is 5.95. The van der Waals surface area contributed by atoms with Crippen LogP contribution in [0.1, 0.15) is 24.4 Å². The van der Waals surface area contributed by atoms with Crippen molar-refractivity contribution in [2.24, 2.45) is 0 Å². The van der Waals surface area contributed by atoms with E-state index in [9.17, 15) is 4.39 Å². The minimum atomic E-state index is -0.349. The topological polar surface area (TPSA) is 38.1 Å². The van der Waals surface area contributed by atoms with Crippen LogP contribution in [0.4, 0.5) is 4.39 Å². The average molecular weight is 349 g/mol. The Bertz CT molecular complexity index is 755. The number of hydrogen-bond donors (Lipinski definition) is 1. The number of rotatable bonds is 4. The summed E-state index contributed by atoms with van der Waals surface area (Å²) in [5.74, 6) is 0.310. The quantitative estimate of drug-likeness (QED) is 0.757. The molecule has 0 amide bonds. The number of fused-ring (bicyclic) bond motifs is 1. The minimum absolute atomic E-state index is 0.199. The van der Waals surface area contributed by atoms with Crippen LogP contribution in [-0.2, 0) is 0 Å². The van der Waals surface area contributed by atoms with Crippen molar-refractivity contribution in [3.8, 4) is 0 Å². The van der Waals surface area contributed by atoms with Crippen LogP contribution in [0, 0.1) is 5.82 Å². The standard InChI is InChI=1S/C16H14BrFN2O/c1-2-19-15(13-7-6-11(17)9-20-13)14-8-10-4-3-5-12(18)16(10)21-14/h3-9,15,19H,2H2,1H3. The maximum atomic E-state index is 13.8. The molecule has 108 valence electrons. The second-order valence-electron chi connectivity index (χ2n) is 4.70. The summed E-state index contributed by atoms with van der Waals surface area (Å²) in [7, 11) is 0. The number of benzene rings is 1. The highest BCUT2D eigenvalue weighted by Gasteiger charge is 2.20. The molecule has 5 heteroatoms. The van der Waals surface area contributed by atoms with E-state index in [4.69, 9.17) is 4.42 Å². The van der Waals surface area contributed by atoms with Crippen LogP contribution in [-0.4, -0.2) is 11.5 Å². The van der Waals surface area contributed by atoms with E-state index in [-0.39, 0.29) is 17.4 Å². The fourth-order valence-electron chi connectivity index (χ4n) is 2.30. The summed E-state index contributed by atoms with van der Waals surface area (Å²) < 4.78 is 20.4. The van der Waals surface area contributed by atoms with Gasteiger partial charge in [0.05, 0.1) is 5.69 Å². The first-order valence-corrected chi connectivity index (χ1v) is 7.51. The van der Waals surface area contributed by atoms with Crippen molar-refractivity contribution in [2.45, 2.75) is 13.0 Å². The molecule has 2 aromatic heterocycles. The number of halogens is 2. The minimum Gasteiger partial charge on any atom is -0.456 e. The lowest BCUT2D eigenvalue weighted by Gasteiger charge is -2.14. The number of nitrogens with zero attached hydrogens (tertiary/aromatic N) is 1. The molecule has 3 rings (SSSR count). The number of hydrogen-bond acceptors (Lipinski definition) is 3. The van der Waals surface area contributed by atoms with E-state index >= 15 is 0 Å². The molecule has 0 aliphatic carbocycles. The first-order valence-electron chi connectivity index (χ1n) is 6.72. The van der Waals surface area contributed by atoms with Gasteiger partial charge in [0.15, 0.2) is 11.4 Å². The van der Waals surface area contributed by atoms with Crippen molar-refractivity contribution < 1.29 is 8.81 Å². The van der Waals surface area contributed by atoms with Gasteiger partial charge in [-0.3, -0.25) is 4.98 Å². The number of pyridine rings is 1. The summed E-state index contributed by atoms with van der Waals surface area (Å²) in [5, 5.41) is 4.08. The normalized spacial score (nSPS) is 12.7. The molecule has 0 fully saturated rings. The zero-order chi connectivity index (χ0) is 14.8. The molecule has 3 nitrogen and oxygen atoms in total. The smallest absolute Gasteiger partial charge is 0.169 e. The molecular weight excluding hydrogens is 335 g/mol. The zero-order valence-corrected chi connectivity index (χ0v) is 13.0. The largest absolute Gasteiger partial charge is 0.456 e. The Hall–Kier alpha value is -1.72. The number of furan rings is 1. The fourth-order valence-corrected chi connectivity index (χ4v) is 2.54. The van der Waals surface area contributed by atoms with E-state index in [0.29, 0.717) is 5.76 Å². The van der Waals surface area contributed by atoms with Crippen LogP contribution in [0.3, 0.4) is 0 Å². The predicted octanol–water partition coefficient (Wildman–Crippen LogP) is 4.43. The fraction of sp³-hybridized carbons (Fsp3) is 0.188. The first kappa shape index (κ1) is 14.2. The van der Waals surface area contributed by atoms with Gasteiger partial charge in [0.2, 0.25) is 0 Å². The SMILES string of the molecule is CCNC(c1ccc(Br)cn1)c1cc2cccc(F)c2o1. The first-order chi connectivity index (χ1) is 10.2. The van der Waals surface area contributed by atoms with E-state index in [1.165, 1.54) is 6.07 Å². The third-order valence-corrected chi connectivity index (χ3v) is 3.72. The molecule has 0 aliphatic rings. The summed E-state index contributed by atoms with van der Waals surface area (Å²) in [6, 6.07) is 10.4. The number of aromatic nitrogens is 1. The van der Waals surface area contributed by atoms with Crippen molar-refractivity contribution >= 4 is 26.9 Å². The molecule has 1 N–H and O–H groups in total. The van der Waals surface area contributed by atoms with Crippen molar-refractivity contribution in [2.75, 3.05) is 6.54 Å². The lowest BCUT2D eigenvalue weighted by atomic mass is 10.1. The Labute approximate surface area is 130 Å². The van der Waals surface area contributed by atoms with Gasteiger partial charge >= 0.3 is 0 Å². The average Bonchev–Trinajstić information content (AvgIpc) is 2.91. The van der Waals surface area contributed by atoms with Crippen LogP contribution >= 0.6 is 15.9 Å². The van der Waals surface area contributed by atoms with Crippen LogP contribution < -0.4 is 5.32 Å². The van der Waals surface area contributed by atoms with Gasteiger partial charge in [-0.1, -0.05) is 19.1 Å². The van der Waals surface area contributed by atoms with E-state index in [1.807, 2.05) is 31.2 Å². The summed E-state index contributed by atoms with van der Waals surface area (Å²) >= 11 is 3.37. The monoisotopic (exact) mass is 348 g/mol. The highest BCUT2D eigenvalue weighted by atomic mass is 79.9. The van der Waals surface area contributed by atoms with Gasteiger partial charge in [-0.05, 0) is 46.7 Å². The Kier molecular flexibility index (Phi) is 4.03. The molecule has 3 aromatic rings. The summed E-state index contributed by atoms with van der Waals surface area (Å²) in [5.41, 5.74) is 1.12. The lowest BCUT2D eigenvalue weighted by Crippen LogP contribution is -2.22. The van der Waals surface area contributed by atoms with Crippen molar-refractivity contribution in [3.05, 3.63) is 64.3 Å². The van der Waals surface area contributed by atoms with Gasteiger partial charge in [0.25, 0.3) is 0 Å². The summed E-state index contributed by atoms with van der Waals surface area (Å²) in [4.78, 5) is 4.40. The van der Waals surface area contributed by atoms with Gasteiger partial charge in [-0.2, -0.15) is 0 Å². The molecule has 1 unspecified atom stereocenters. The Morgan fingerprint density at radius 1 is 1.33 bits per heavy atom. The van der Waals surface area contributed by atoms with E-state index < -0.39 is 0 Å². The Balaban J connectivity index is 2.06. The highest BCUT2D eigenvalue weighted by Crippen LogP contribution is 2.29. The Morgan fingerprint density at radius 2 is 2.19 bits per heavy atom. The number of nitrogens with one attached hydrogen (secondary N) is 1. The molecule has 1 aromatic carbocycles. The van der Waals surface area contributed by atoms with Gasteiger partial charge in [0, 0.05) is 16.1 Å². The molecule has 0 saturated carbocycles. The molecule has 2 heterocycles. The third kappa shape index (κ3) is 2.84. The molecule has 1 atom stereocenters. The maximum Gasteiger partial charge on any atom is 0.169 e. The van der Waals surface area contributed by atoms with Crippen molar-refractivity contribution in [3.63, 3.8) is 0 Å². The highest BCUT2D eigenvalue weighted by molar-refractivity contribution is 9.10. The Morgan fingerprint density at radius 3 is 2.86 bits per heavy atom. The van der Waals surface area contributed by atoms with E-state index in [0.717, 1.165) is 22.1 Å². The van der Waals surface area contributed by atoms with Gasteiger partial charge in [-0.15, -0.1) is 0 Å². The number of para-hydroxylation sites is 1. The molecule has 0 aliphatic heterocycles. The maximum absolute atomic E-state index is 13.8. The van der Waals surface area contributed by atoms with Gasteiger partial charge < -0.3 is 9.73 Å². The van der Waals surface area contributed by atoms with Crippen molar-refractivity contribution in [1.29, 1.82) is 0 Å². The molecule has 0 spiro atoms. The van der Waals surface area contributed by atoms with Crippen LogP contribution in [0.5, 0.6) is 0 Å². The van der Waals surface area contributed by atoms with Crippen molar-refractivity contribution in [1.82, 2.24) is 10.3 Å². The zero-order valence-electron chi connectivity index (χ0n) is 11.4. The van der Waals surface area contributed by atoms with E-state index in [2.05, 4.69) is 26.2 Å². The molecule has 21 heavy (non-hydrogen) atoms.